The number of ketones is 1. The first-order valence-electron chi connectivity index (χ1n) is 7.45. The normalized spacial score (nSPS) is 15.0. The Balaban J connectivity index is 1.77. The van der Waals surface area contributed by atoms with E-state index < -0.39 is 0 Å². The Morgan fingerprint density at radius 1 is 1.00 bits per heavy atom. The number of para-hydroxylation sites is 1. The van der Waals surface area contributed by atoms with Crippen LogP contribution >= 0.6 is 0 Å². The van der Waals surface area contributed by atoms with Gasteiger partial charge in [-0.2, -0.15) is 0 Å². The number of hydrogen-bond acceptors (Lipinski definition) is 2. The minimum absolute atomic E-state index is 0.00583. The van der Waals surface area contributed by atoms with Crippen molar-refractivity contribution in [2.45, 2.75) is 25.2 Å². The van der Waals surface area contributed by atoms with Crippen molar-refractivity contribution in [1.82, 2.24) is 0 Å². The van der Waals surface area contributed by atoms with Crippen LogP contribution in [0, 0.1) is 0 Å². The Kier molecular flexibility index (Phi) is 2.88. The first-order chi connectivity index (χ1) is 10.3. The lowest BCUT2D eigenvalue weighted by Gasteiger charge is -2.27. The largest absolute Gasteiger partial charge is 0.453 e. The lowest BCUT2D eigenvalue weighted by Crippen LogP contribution is -2.14. The van der Waals surface area contributed by atoms with Gasteiger partial charge < -0.3 is 4.42 Å². The van der Waals surface area contributed by atoms with Gasteiger partial charge in [-0.3, -0.25) is 4.79 Å². The number of carbonyl (C=O) groups is 1. The summed E-state index contributed by atoms with van der Waals surface area (Å²) in [4.78, 5) is 12.8. The van der Waals surface area contributed by atoms with Crippen molar-refractivity contribution < 1.29 is 9.21 Å². The third-order valence-corrected chi connectivity index (χ3v) is 4.40. The second-order valence-corrected chi connectivity index (χ2v) is 5.69. The summed E-state index contributed by atoms with van der Waals surface area (Å²) in [5.74, 6) is 0.964. The first kappa shape index (κ1) is 12.4. The van der Waals surface area contributed by atoms with Crippen LogP contribution in [0.5, 0.6) is 0 Å². The molecule has 1 fully saturated rings. The molecule has 1 saturated carbocycles. The Morgan fingerprint density at radius 2 is 1.76 bits per heavy atom. The summed E-state index contributed by atoms with van der Waals surface area (Å²) in [5, 5.41) is 0.974. The minimum atomic E-state index is -0.00583. The van der Waals surface area contributed by atoms with Gasteiger partial charge in [0.2, 0.25) is 5.78 Å². The zero-order valence-electron chi connectivity index (χ0n) is 11.7. The highest BCUT2D eigenvalue weighted by Gasteiger charge is 2.25. The fourth-order valence-electron chi connectivity index (χ4n) is 3.01. The van der Waals surface area contributed by atoms with Crippen molar-refractivity contribution in [2.75, 3.05) is 0 Å². The fraction of sp³-hybridized carbons (Fsp3) is 0.211. The Hall–Kier alpha value is -2.35. The van der Waals surface area contributed by atoms with Gasteiger partial charge in [-0.15, -0.1) is 0 Å². The highest BCUT2D eigenvalue weighted by Crippen LogP contribution is 2.38. The molecule has 0 radical (unpaired) electrons. The Bertz CT molecular complexity index is 776. The van der Waals surface area contributed by atoms with Crippen LogP contribution in [-0.2, 0) is 0 Å². The zero-order valence-corrected chi connectivity index (χ0v) is 11.7. The Labute approximate surface area is 123 Å². The number of fused-ring (bicyclic) bond motifs is 1. The van der Waals surface area contributed by atoms with Crippen molar-refractivity contribution in [3.63, 3.8) is 0 Å². The fourth-order valence-corrected chi connectivity index (χ4v) is 3.01. The summed E-state index contributed by atoms with van der Waals surface area (Å²) < 4.78 is 5.72. The van der Waals surface area contributed by atoms with Crippen LogP contribution in [0.1, 0.15) is 46.9 Å². The van der Waals surface area contributed by atoms with E-state index in [-0.39, 0.29) is 5.78 Å². The van der Waals surface area contributed by atoms with Gasteiger partial charge >= 0.3 is 0 Å². The predicted molar refractivity (Wildman–Crippen MR) is 82.7 cm³/mol. The SMILES string of the molecule is O=C(c1cc2ccccc2o1)c1ccccc1C1CCC1. The molecule has 0 saturated heterocycles. The molecule has 3 aromatic rings. The van der Waals surface area contributed by atoms with Gasteiger partial charge in [-0.1, -0.05) is 48.9 Å². The molecule has 1 aliphatic carbocycles. The molecule has 2 heteroatoms. The van der Waals surface area contributed by atoms with Gasteiger partial charge in [-0.25, -0.2) is 0 Å². The predicted octanol–water partition coefficient (Wildman–Crippen LogP) is 4.93. The number of furan rings is 1. The monoisotopic (exact) mass is 276 g/mol. The number of benzene rings is 2. The molecule has 0 spiro atoms. The molecule has 21 heavy (non-hydrogen) atoms. The van der Waals surface area contributed by atoms with E-state index in [9.17, 15) is 4.79 Å². The lowest BCUT2D eigenvalue weighted by molar-refractivity contribution is 0.101. The number of carbonyl (C=O) groups excluding carboxylic acids is 1. The number of hydrogen-bond donors (Lipinski definition) is 0. The molecule has 0 unspecified atom stereocenters. The average molecular weight is 276 g/mol. The van der Waals surface area contributed by atoms with E-state index in [1.165, 1.54) is 24.8 Å². The molecule has 4 rings (SSSR count). The molecular weight excluding hydrogens is 260 g/mol. The molecular formula is C19H16O2. The zero-order chi connectivity index (χ0) is 14.2. The van der Waals surface area contributed by atoms with Crippen molar-refractivity contribution in [2.24, 2.45) is 0 Å². The molecule has 1 aliphatic rings. The van der Waals surface area contributed by atoms with E-state index in [0.29, 0.717) is 11.7 Å². The van der Waals surface area contributed by atoms with Gasteiger partial charge in [0.25, 0.3) is 0 Å². The average Bonchev–Trinajstić information content (AvgIpc) is 2.89. The van der Waals surface area contributed by atoms with Crippen LogP contribution in [0.4, 0.5) is 0 Å². The van der Waals surface area contributed by atoms with Crippen LogP contribution < -0.4 is 0 Å². The molecule has 0 N–H and O–H groups in total. The van der Waals surface area contributed by atoms with Crippen LogP contribution in [0.3, 0.4) is 0 Å². The van der Waals surface area contributed by atoms with Crippen molar-refractivity contribution in [1.29, 1.82) is 0 Å². The van der Waals surface area contributed by atoms with Crippen LogP contribution in [0.2, 0.25) is 0 Å². The molecule has 0 bridgehead atoms. The molecule has 0 amide bonds. The molecule has 0 aliphatic heterocycles. The molecule has 1 aromatic heterocycles. The first-order valence-corrected chi connectivity index (χ1v) is 7.45. The molecule has 2 nitrogen and oxygen atoms in total. The topological polar surface area (TPSA) is 30.2 Å². The van der Waals surface area contributed by atoms with E-state index >= 15 is 0 Å². The van der Waals surface area contributed by atoms with Gasteiger partial charge in [0.05, 0.1) is 0 Å². The van der Waals surface area contributed by atoms with Crippen molar-refractivity contribution in [3.05, 3.63) is 71.5 Å². The summed E-state index contributed by atoms with van der Waals surface area (Å²) in [7, 11) is 0. The van der Waals surface area contributed by atoms with Crippen LogP contribution in [0.15, 0.2) is 59.0 Å². The van der Waals surface area contributed by atoms with E-state index in [4.69, 9.17) is 4.42 Å². The quantitative estimate of drug-likeness (QED) is 0.635. The molecule has 1 heterocycles. The van der Waals surface area contributed by atoms with E-state index in [1.54, 1.807) is 0 Å². The Morgan fingerprint density at radius 3 is 2.52 bits per heavy atom. The maximum absolute atomic E-state index is 12.8. The standard InChI is InChI=1S/C19H16O2/c20-19(18-12-14-6-1-4-11-17(14)21-18)16-10-3-2-9-15(16)13-7-5-8-13/h1-4,6,9-13H,5,7-8H2. The minimum Gasteiger partial charge on any atom is -0.453 e. The van der Waals surface area contributed by atoms with E-state index in [0.717, 1.165) is 16.5 Å². The molecule has 104 valence electrons. The summed E-state index contributed by atoms with van der Waals surface area (Å²) in [6.07, 6.45) is 3.63. The third-order valence-electron chi connectivity index (χ3n) is 4.40. The second-order valence-electron chi connectivity index (χ2n) is 5.69. The van der Waals surface area contributed by atoms with E-state index in [2.05, 4.69) is 6.07 Å². The maximum Gasteiger partial charge on any atom is 0.228 e. The highest BCUT2D eigenvalue weighted by atomic mass is 16.3. The maximum atomic E-state index is 12.8. The lowest BCUT2D eigenvalue weighted by atomic mass is 9.77. The van der Waals surface area contributed by atoms with Gasteiger partial charge in [-0.05, 0) is 36.5 Å². The summed E-state index contributed by atoms with van der Waals surface area (Å²) in [6, 6.07) is 17.5. The summed E-state index contributed by atoms with van der Waals surface area (Å²) in [6.45, 7) is 0. The molecule has 2 aromatic carbocycles. The van der Waals surface area contributed by atoms with Gasteiger partial charge in [0.15, 0.2) is 5.76 Å². The van der Waals surface area contributed by atoms with E-state index in [1.807, 2.05) is 48.5 Å². The third kappa shape index (κ3) is 2.07. The second kappa shape index (κ2) is 4.88. The van der Waals surface area contributed by atoms with Gasteiger partial charge in [0, 0.05) is 10.9 Å². The van der Waals surface area contributed by atoms with Crippen LogP contribution in [-0.4, -0.2) is 5.78 Å². The summed E-state index contributed by atoms with van der Waals surface area (Å²) in [5.41, 5.74) is 2.73. The van der Waals surface area contributed by atoms with Crippen LogP contribution in [0.25, 0.3) is 11.0 Å². The highest BCUT2D eigenvalue weighted by molar-refractivity contribution is 6.10. The molecule has 0 atom stereocenters. The number of rotatable bonds is 3. The summed E-state index contributed by atoms with van der Waals surface area (Å²) >= 11 is 0. The smallest absolute Gasteiger partial charge is 0.228 e. The van der Waals surface area contributed by atoms with Gasteiger partial charge in [0.1, 0.15) is 5.58 Å². The van der Waals surface area contributed by atoms with Crippen molar-refractivity contribution >= 4 is 16.8 Å². The van der Waals surface area contributed by atoms with Crippen molar-refractivity contribution in [3.8, 4) is 0 Å².